The van der Waals surface area contributed by atoms with Gasteiger partial charge in [0.2, 0.25) is 15.9 Å². The second-order valence-electron chi connectivity index (χ2n) is 8.36. The molecule has 0 bridgehead atoms. The van der Waals surface area contributed by atoms with E-state index in [1.807, 2.05) is 13.0 Å². The van der Waals surface area contributed by atoms with Gasteiger partial charge in [0.15, 0.2) is 0 Å². The minimum atomic E-state index is -3.38. The summed E-state index contributed by atoms with van der Waals surface area (Å²) < 4.78 is 31.2. The second-order valence-corrected chi connectivity index (χ2v) is 10.5. The number of allylic oxidation sites excluding steroid dienone is 2. The Hall–Kier alpha value is -1.97. The smallest absolute Gasteiger partial charge is 0.259 e. The first kappa shape index (κ1) is 22.7. The summed E-state index contributed by atoms with van der Waals surface area (Å²) in [5, 5.41) is 9.71. The van der Waals surface area contributed by atoms with Crippen LogP contribution in [-0.2, 0) is 10.0 Å². The fourth-order valence-corrected chi connectivity index (χ4v) is 4.24. The zero-order chi connectivity index (χ0) is 22.1. The van der Waals surface area contributed by atoms with Crippen molar-refractivity contribution < 1.29 is 23.1 Å². The average Bonchev–Trinajstić information content (AvgIpc) is 3.23. The lowest BCUT2D eigenvalue weighted by atomic mass is 9.99. The number of hydrogen-bond acceptors (Lipinski definition) is 6. The van der Waals surface area contributed by atoms with Crippen LogP contribution in [0.15, 0.2) is 18.3 Å². The Bertz CT molecular complexity index is 931. The van der Waals surface area contributed by atoms with Crippen LogP contribution in [0.5, 0.6) is 5.88 Å². The molecule has 2 aliphatic rings. The van der Waals surface area contributed by atoms with Crippen LogP contribution in [0.2, 0.25) is 0 Å². The molecule has 0 unspecified atom stereocenters. The van der Waals surface area contributed by atoms with Gasteiger partial charge in [-0.15, -0.1) is 0 Å². The van der Waals surface area contributed by atoms with Crippen molar-refractivity contribution in [3.63, 3.8) is 0 Å². The molecule has 1 aliphatic carbocycles. The maximum absolute atomic E-state index is 13.4. The largest absolute Gasteiger partial charge is 0.472 e. The molecular formula is C21H31N3O5S. The summed E-state index contributed by atoms with van der Waals surface area (Å²) in [5.74, 6) is -0.198. The number of rotatable bonds is 6. The van der Waals surface area contributed by atoms with Gasteiger partial charge in [-0.3, -0.25) is 4.79 Å². The number of aliphatic hydroxyl groups is 1. The van der Waals surface area contributed by atoms with Gasteiger partial charge in [-0.1, -0.05) is 13.0 Å². The number of hydrogen-bond donors (Lipinski definition) is 1. The average molecular weight is 438 g/mol. The highest BCUT2D eigenvalue weighted by Gasteiger charge is 2.35. The molecule has 1 aromatic heterocycles. The predicted molar refractivity (Wildman–Crippen MR) is 115 cm³/mol. The third-order valence-electron chi connectivity index (χ3n) is 5.94. The van der Waals surface area contributed by atoms with Crippen molar-refractivity contribution in [1.82, 2.24) is 14.2 Å². The zero-order valence-electron chi connectivity index (χ0n) is 18.0. The Morgan fingerprint density at radius 3 is 2.77 bits per heavy atom. The molecule has 0 radical (unpaired) electrons. The molecule has 1 amide bonds. The van der Waals surface area contributed by atoms with E-state index < -0.39 is 16.1 Å². The van der Waals surface area contributed by atoms with Crippen molar-refractivity contribution >= 4 is 21.5 Å². The molecule has 3 atom stereocenters. The van der Waals surface area contributed by atoms with Crippen molar-refractivity contribution in [3.8, 4) is 5.88 Å². The molecule has 1 aliphatic heterocycles. The highest BCUT2D eigenvalue weighted by atomic mass is 32.2. The number of pyridine rings is 1. The second kappa shape index (κ2) is 9.03. The highest BCUT2D eigenvalue weighted by molar-refractivity contribution is 7.88. The van der Waals surface area contributed by atoms with Crippen LogP contribution >= 0.6 is 0 Å². The van der Waals surface area contributed by atoms with Gasteiger partial charge in [0.1, 0.15) is 11.7 Å². The minimum Gasteiger partial charge on any atom is -0.472 e. The molecule has 0 spiro atoms. The van der Waals surface area contributed by atoms with E-state index in [-0.39, 0.29) is 36.9 Å². The minimum absolute atomic E-state index is 0.142. The monoisotopic (exact) mass is 437 g/mol. The number of aliphatic hydroxyl groups excluding tert-OH is 1. The first-order valence-corrected chi connectivity index (χ1v) is 12.2. The van der Waals surface area contributed by atoms with E-state index >= 15 is 0 Å². The number of amides is 1. The van der Waals surface area contributed by atoms with Gasteiger partial charge in [-0.05, 0) is 43.4 Å². The standard InChI is InChI=1S/C21H31N3O5S/c1-14-11-24(15(2)13-25)21(26)18-9-17(16-7-5-6-8-16)10-22-20(18)29-19(14)12-23(3)30(4,27)28/h7,9-10,14-15,19,25H,5-6,8,11-13H2,1-4H3/t14-,15-,19+/m0/s1. The van der Waals surface area contributed by atoms with Crippen molar-refractivity contribution in [2.45, 2.75) is 45.3 Å². The molecule has 8 nitrogen and oxygen atoms in total. The van der Waals surface area contributed by atoms with E-state index in [1.54, 1.807) is 18.0 Å². The molecule has 1 N–H and O–H groups in total. The summed E-state index contributed by atoms with van der Waals surface area (Å²) in [7, 11) is -1.87. The quantitative estimate of drug-likeness (QED) is 0.728. The molecule has 30 heavy (non-hydrogen) atoms. The summed E-state index contributed by atoms with van der Waals surface area (Å²) in [6, 6.07) is 1.43. The topological polar surface area (TPSA) is 100 Å². The van der Waals surface area contributed by atoms with E-state index in [9.17, 15) is 18.3 Å². The number of sulfonamides is 1. The molecule has 0 saturated heterocycles. The summed E-state index contributed by atoms with van der Waals surface area (Å²) in [6.45, 7) is 4.02. The Morgan fingerprint density at radius 2 is 2.17 bits per heavy atom. The first-order chi connectivity index (χ1) is 14.1. The fourth-order valence-electron chi connectivity index (χ4n) is 3.82. The molecule has 166 valence electrons. The van der Waals surface area contributed by atoms with Gasteiger partial charge in [-0.25, -0.2) is 17.7 Å². The normalized spacial score (nSPS) is 23.5. The van der Waals surface area contributed by atoms with Crippen LogP contribution in [0.3, 0.4) is 0 Å². The van der Waals surface area contributed by atoms with Crippen molar-refractivity contribution in [2.24, 2.45) is 5.92 Å². The summed E-state index contributed by atoms with van der Waals surface area (Å²) in [6.07, 6.45) is 7.59. The zero-order valence-corrected chi connectivity index (χ0v) is 18.9. The van der Waals surface area contributed by atoms with Crippen LogP contribution in [0, 0.1) is 5.92 Å². The summed E-state index contributed by atoms with van der Waals surface area (Å²) in [5.41, 5.74) is 2.42. The Balaban J connectivity index is 2.02. The number of likely N-dealkylation sites (N-methyl/N-ethyl adjacent to an activating group) is 1. The lowest BCUT2D eigenvalue weighted by Crippen LogP contribution is -2.50. The maximum Gasteiger partial charge on any atom is 0.259 e. The van der Waals surface area contributed by atoms with E-state index in [0.29, 0.717) is 12.1 Å². The molecule has 0 fully saturated rings. The maximum atomic E-state index is 13.4. The van der Waals surface area contributed by atoms with Crippen molar-refractivity contribution in [3.05, 3.63) is 29.5 Å². The molecular weight excluding hydrogens is 406 g/mol. The van der Waals surface area contributed by atoms with Crippen molar-refractivity contribution in [1.29, 1.82) is 0 Å². The van der Waals surface area contributed by atoms with Gasteiger partial charge in [0, 0.05) is 25.7 Å². The predicted octanol–water partition coefficient (Wildman–Crippen LogP) is 1.76. The molecule has 3 rings (SSSR count). The van der Waals surface area contributed by atoms with Crippen LogP contribution in [0.25, 0.3) is 5.57 Å². The lowest BCUT2D eigenvalue weighted by molar-refractivity contribution is 0.0373. The van der Waals surface area contributed by atoms with Gasteiger partial charge in [-0.2, -0.15) is 0 Å². The summed E-state index contributed by atoms with van der Waals surface area (Å²) >= 11 is 0. The first-order valence-electron chi connectivity index (χ1n) is 10.3. The molecule has 0 saturated carbocycles. The number of ether oxygens (including phenoxy) is 1. The number of carbonyl (C=O) groups is 1. The summed E-state index contributed by atoms with van der Waals surface area (Å²) in [4.78, 5) is 19.4. The van der Waals surface area contributed by atoms with E-state index in [0.717, 1.165) is 31.1 Å². The third kappa shape index (κ3) is 4.84. The molecule has 9 heteroatoms. The number of nitrogens with zero attached hydrogens (tertiary/aromatic N) is 3. The van der Waals surface area contributed by atoms with Gasteiger partial charge in [0.05, 0.1) is 25.4 Å². The van der Waals surface area contributed by atoms with Crippen LogP contribution in [-0.4, -0.2) is 78.8 Å². The Kier molecular flexibility index (Phi) is 6.84. The SMILES string of the molecule is C[C@H]1CN([C@@H](C)CO)C(=O)c2cc(C3=CCCC3)cnc2O[C@@H]1CN(C)S(C)(=O)=O. The van der Waals surface area contributed by atoms with E-state index in [1.165, 1.54) is 16.9 Å². The lowest BCUT2D eigenvalue weighted by Gasteiger charge is -2.37. The Morgan fingerprint density at radius 1 is 1.43 bits per heavy atom. The van der Waals surface area contributed by atoms with Crippen molar-refractivity contribution in [2.75, 3.05) is 33.0 Å². The Labute approximate surface area is 178 Å². The number of carbonyl (C=O) groups excluding carboxylic acids is 1. The van der Waals surface area contributed by atoms with E-state index in [4.69, 9.17) is 4.74 Å². The fraction of sp³-hybridized carbons (Fsp3) is 0.619. The third-order valence-corrected chi connectivity index (χ3v) is 7.22. The molecule has 1 aromatic rings. The van der Waals surface area contributed by atoms with Crippen LogP contribution in [0.4, 0.5) is 0 Å². The number of aromatic nitrogens is 1. The number of fused-ring (bicyclic) bond motifs is 1. The molecule has 0 aromatic carbocycles. The van der Waals surface area contributed by atoms with E-state index in [2.05, 4.69) is 11.1 Å². The van der Waals surface area contributed by atoms with Gasteiger partial charge < -0.3 is 14.7 Å². The van der Waals surface area contributed by atoms with Gasteiger partial charge in [0.25, 0.3) is 5.91 Å². The van der Waals surface area contributed by atoms with Gasteiger partial charge >= 0.3 is 0 Å². The molecule has 2 heterocycles. The van der Waals surface area contributed by atoms with Crippen LogP contribution < -0.4 is 4.74 Å². The highest BCUT2D eigenvalue weighted by Crippen LogP contribution is 2.32. The van der Waals surface area contributed by atoms with Crippen LogP contribution in [0.1, 0.15) is 49.0 Å².